The van der Waals surface area contributed by atoms with Crippen LogP contribution < -0.4 is 0 Å². The van der Waals surface area contributed by atoms with E-state index >= 15 is 0 Å². The van der Waals surface area contributed by atoms with Crippen molar-refractivity contribution in [2.24, 2.45) is 5.92 Å². The average molecular weight is 197 g/mol. The van der Waals surface area contributed by atoms with Gasteiger partial charge in [-0.15, -0.1) is 0 Å². The van der Waals surface area contributed by atoms with Gasteiger partial charge in [0.2, 0.25) is 0 Å². The summed E-state index contributed by atoms with van der Waals surface area (Å²) in [6.07, 6.45) is 2.88. The SMILES string of the molecule is CCC(CC)C(O)N1C(=O)C=CC1=O. The highest BCUT2D eigenvalue weighted by Gasteiger charge is 2.33. The molecule has 1 rings (SSSR count). The largest absolute Gasteiger partial charge is 0.373 e. The first-order chi connectivity index (χ1) is 6.61. The minimum Gasteiger partial charge on any atom is -0.373 e. The Morgan fingerprint density at radius 2 is 1.64 bits per heavy atom. The summed E-state index contributed by atoms with van der Waals surface area (Å²) < 4.78 is 0. The molecule has 1 aliphatic rings. The van der Waals surface area contributed by atoms with Crippen LogP contribution in [0.15, 0.2) is 12.2 Å². The molecule has 0 bridgehead atoms. The van der Waals surface area contributed by atoms with Gasteiger partial charge in [0.1, 0.15) is 6.23 Å². The van der Waals surface area contributed by atoms with E-state index in [1.54, 1.807) is 0 Å². The molecule has 0 aliphatic carbocycles. The van der Waals surface area contributed by atoms with Gasteiger partial charge in [0, 0.05) is 18.1 Å². The number of aliphatic hydroxyl groups excluding tert-OH is 1. The van der Waals surface area contributed by atoms with Crippen molar-refractivity contribution in [3.63, 3.8) is 0 Å². The lowest BCUT2D eigenvalue weighted by atomic mass is 10.0. The standard InChI is InChI=1S/C10H15NO3/c1-3-7(4-2)10(14)11-8(12)5-6-9(11)13/h5-7,10,14H,3-4H2,1-2H3. The second kappa shape index (κ2) is 4.37. The molecular formula is C10H15NO3. The van der Waals surface area contributed by atoms with Crippen LogP contribution >= 0.6 is 0 Å². The van der Waals surface area contributed by atoms with E-state index in [-0.39, 0.29) is 5.92 Å². The smallest absolute Gasteiger partial charge is 0.255 e. The number of hydrogen-bond donors (Lipinski definition) is 1. The predicted molar refractivity (Wildman–Crippen MR) is 51.1 cm³/mol. The first-order valence-electron chi connectivity index (χ1n) is 4.85. The lowest BCUT2D eigenvalue weighted by molar-refractivity contribution is -0.151. The average Bonchev–Trinajstić information content (AvgIpc) is 2.48. The Morgan fingerprint density at radius 3 is 2.00 bits per heavy atom. The Bertz CT molecular complexity index is 251. The van der Waals surface area contributed by atoms with Gasteiger partial charge in [-0.05, 0) is 12.8 Å². The molecule has 0 saturated heterocycles. The molecule has 0 aromatic carbocycles. The molecular weight excluding hydrogens is 182 g/mol. The quantitative estimate of drug-likeness (QED) is 0.674. The zero-order valence-electron chi connectivity index (χ0n) is 8.43. The minimum atomic E-state index is -0.986. The van der Waals surface area contributed by atoms with E-state index in [0.29, 0.717) is 0 Å². The van der Waals surface area contributed by atoms with E-state index in [1.165, 1.54) is 12.2 Å². The fraction of sp³-hybridized carbons (Fsp3) is 0.600. The molecule has 1 unspecified atom stereocenters. The molecule has 14 heavy (non-hydrogen) atoms. The van der Waals surface area contributed by atoms with Crippen LogP contribution in [-0.2, 0) is 9.59 Å². The first-order valence-corrected chi connectivity index (χ1v) is 4.85. The summed E-state index contributed by atoms with van der Waals surface area (Å²) in [6.45, 7) is 3.85. The third kappa shape index (κ3) is 1.85. The Labute approximate surface area is 83.2 Å². The maximum atomic E-state index is 11.2. The van der Waals surface area contributed by atoms with E-state index in [1.807, 2.05) is 13.8 Å². The van der Waals surface area contributed by atoms with Gasteiger partial charge in [-0.3, -0.25) is 9.59 Å². The fourth-order valence-corrected chi connectivity index (χ4v) is 1.59. The van der Waals surface area contributed by atoms with E-state index in [0.717, 1.165) is 17.7 Å². The normalized spacial score (nSPS) is 18.4. The van der Waals surface area contributed by atoms with Crippen molar-refractivity contribution in [1.29, 1.82) is 0 Å². The van der Waals surface area contributed by atoms with Crippen molar-refractivity contribution < 1.29 is 14.7 Å². The van der Waals surface area contributed by atoms with Crippen LogP contribution in [0.4, 0.5) is 0 Å². The van der Waals surface area contributed by atoms with Crippen LogP contribution in [-0.4, -0.2) is 28.0 Å². The van der Waals surface area contributed by atoms with Crippen LogP contribution in [0.25, 0.3) is 0 Å². The minimum absolute atomic E-state index is 0.0391. The lowest BCUT2D eigenvalue weighted by Gasteiger charge is -2.27. The van der Waals surface area contributed by atoms with Gasteiger partial charge in [-0.2, -0.15) is 0 Å². The summed E-state index contributed by atoms with van der Waals surface area (Å²) in [7, 11) is 0. The highest BCUT2D eigenvalue weighted by molar-refractivity contribution is 6.13. The Hall–Kier alpha value is -1.16. The van der Waals surface area contributed by atoms with Crippen LogP contribution in [0.3, 0.4) is 0 Å². The van der Waals surface area contributed by atoms with Crippen molar-refractivity contribution in [2.75, 3.05) is 0 Å². The van der Waals surface area contributed by atoms with Gasteiger partial charge in [0.15, 0.2) is 0 Å². The van der Waals surface area contributed by atoms with Crippen molar-refractivity contribution in [1.82, 2.24) is 4.90 Å². The number of aliphatic hydroxyl groups is 1. The van der Waals surface area contributed by atoms with E-state index < -0.39 is 18.0 Å². The molecule has 0 aromatic rings. The van der Waals surface area contributed by atoms with Crippen LogP contribution in [0.1, 0.15) is 26.7 Å². The van der Waals surface area contributed by atoms with E-state index in [4.69, 9.17) is 0 Å². The predicted octanol–water partition coefficient (Wildman–Crippen LogP) is 0.666. The zero-order valence-corrected chi connectivity index (χ0v) is 8.43. The number of imide groups is 1. The third-order valence-corrected chi connectivity index (χ3v) is 2.58. The molecule has 78 valence electrons. The molecule has 1 atom stereocenters. The molecule has 0 fully saturated rings. The van der Waals surface area contributed by atoms with Crippen molar-refractivity contribution >= 4 is 11.8 Å². The molecule has 1 N–H and O–H groups in total. The summed E-state index contributed by atoms with van der Waals surface area (Å²) in [6, 6.07) is 0. The molecule has 0 saturated carbocycles. The van der Waals surface area contributed by atoms with Crippen LogP contribution in [0, 0.1) is 5.92 Å². The summed E-state index contributed by atoms with van der Waals surface area (Å²) in [5, 5.41) is 9.79. The lowest BCUT2D eigenvalue weighted by Crippen LogP contribution is -2.44. The van der Waals surface area contributed by atoms with Crippen LogP contribution in [0.5, 0.6) is 0 Å². The molecule has 1 heterocycles. The molecule has 0 spiro atoms. The van der Waals surface area contributed by atoms with Gasteiger partial charge < -0.3 is 5.11 Å². The Kier molecular flexibility index (Phi) is 3.41. The first kappa shape index (κ1) is 10.9. The molecule has 0 aromatic heterocycles. The van der Waals surface area contributed by atoms with Gasteiger partial charge >= 0.3 is 0 Å². The second-order valence-electron chi connectivity index (χ2n) is 3.37. The second-order valence-corrected chi connectivity index (χ2v) is 3.37. The third-order valence-electron chi connectivity index (χ3n) is 2.58. The van der Waals surface area contributed by atoms with Gasteiger partial charge in [0.05, 0.1) is 0 Å². The number of nitrogens with zero attached hydrogens (tertiary/aromatic N) is 1. The van der Waals surface area contributed by atoms with E-state index in [2.05, 4.69) is 0 Å². The molecule has 4 nitrogen and oxygen atoms in total. The maximum absolute atomic E-state index is 11.2. The molecule has 2 amide bonds. The number of carbonyl (C=O) groups excluding carboxylic acids is 2. The number of hydrogen-bond acceptors (Lipinski definition) is 3. The topological polar surface area (TPSA) is 57.6 Å². The number of rotatable bonds is 4. The Morgan fingerprint density at radius 1 is 1.21 bits per heavy atom. The zero-order chi connectivity index (χ0) is 10.7. The van der Waals surface area contributed by atoms with Crippen molar-refractivity contribution in [3.8, 4) is 0 Å². The molecule has 4 heteroatoms. The van der Waals surface area contributed by atoms with Gasteiger partial charge in [0.25, 0.3) is 11.8 Å². The fourth-order valence-electron chi connectivity index (χ4n) is 1.59. The molecule has 0 radical (unpaired) electrons. The molecule has 1 aliphatic heterocycles. The maximum Gasteiger partial charge on any atom is 0.255 e. The highest BCUT2D eigenvalue weighted by atomic mass is 16.3. The van der Waals surface area contributed by atoms with Gasteiger partial charge in [-0.1, -0.05) is 13.8 Å². The number of amides is 2. The van der Waals surface area contributed by atoms with Gasteiger partial charge in [-0.25, -0.2) is 4.90 Å². The highest BCUT2D eigenvalue weighted by Crippen LogP contribution is 2.19. The summed E-state index contributed by atoms with van der Waals surface area (Å²) in [4.78, 5) is 23.4. The monoisotopic (exact) mass is 197 g/mol. The van der Waals surface area contributed by atoms with Crippen LogP contribution in [0.2, 0.25) is 0 Å². The summed E-state index contributed by atoms with van der Waals surface area (Å²) in [5.74, 6) is -0.883. The number of carbonyl (C=O) groups is 2. The summed E-state index contributed by atoms with van der Waals surface area (Å²) >= 11 is 0. The summed E-state index contributed by atoms with van der Waals surface area (Å²) in [5.41, 5.74) is 0. The Balaban J connectivity index is 2.73. The van der Waals surface area contributed by atoms with Crippen molar-refractivity contribution in [2.45, 2.75) is 32.9 Å². The van der Waals surface area contributed by atoms with Crippen molar-refractivity contribution in [3.05, 3.63) is 12.2 Å². The van der Waals surface area contributed by atoms with E-state index in [9.17, 15) is 14.7 Å².